The summed E-state index contributed by atoms with van der Waals surface area (Å²) in [6, 6.07) is 7.10. The molecule has 0 atom stereocenters. The van der Waals surface area contributed by atoms with E-state index in [1.807, 2.05) is 27.7 Å². The van der Waals surface area contributed by atoms with Crippen LogP contribution in [0.2, 0.25) is 0 Å². The molecule has 1 aromatic carbocycles. The first-order valence-corrected chi connectivity index (χ1v) is 10.3. The van der Waals surface area contributed by atoms with Crippen molar-refractivity contribution in [3.05, 3.63) is 58.0 Å². The van der Waals surface area contributed by atoms with Gasteiger partial charge < -0.3 is 14.8 Å². The van der Waals surface area contributed by atoms with Crippen LogP contribution in [0, 0.1) is 0 Å². The molecular weight excluding hydrogens is 412 g/mol. The first kappa shape index (κ1) is 23.6. The lowest BCUT2D eigenvalue weighted by atomic mass is 10.1. The number of carbonyl (C=O) groups excluding carboxylic acids is 2. The van der Waals surface area contributed by atoms with Crippen molar-refractivity contribution < 1.29 is 18.4 Å². The first-order chi connectivity index (χ1) is 14.0. The van der Waals surface area contributed by atoms with E-state index in [1.165, 1.54) is 36.0 Å². The number of benzene rings is 1. The number of nitrogens with zero attached hydrogens (tertiary/aromatic N) is 2. The summed E-state index contributed by atoms with van der Waals surface area (Å²) in [4.78, 5) is 40.0. The van der Waals surface area contributed by atoms with Crippen LogP contribution in [0.1, 0.15) is 48.4 Å². The van der Waals surface area contributed by atoms with Gasteiger partial charge in [-0.1, -0.05) is 23.9 Å². The molecule has 0 aliphatic carbocycles. The van der Waals surface area contributed by atoms with Gasteiger partial charge >= 0.3 is 0 Å². The molecule has 1 heterocycles. The van der Waals surface area contributed by atoms with Gasteiger partial charge in [-0.3, -0.25) is 14.4 Å². The molecular formula is C21H25F2N3O3S. The first-order valence-electron chi connectivity index (χ1n) is 9.41. The Labute approximate surface area is 178 Å². The normalized spacial score (nSPS) is 11.3. The standard InChI is InChI=1S/C21H25F2N3O3S/c1-12(2)26(13(3)4)19(28)14-10-16(20(29)25(5)11-14)24-18(27)15-8-6-7-9-17(15)30-21(22)23/h6-13,21H,1-5H3,(H,24,27). The molecule has 9 heteroatoms. The summed E-state index contributed by atoms with van der Waals surface area (Å²) < 4.78 is 26.8. The summed E-state index contributed by atoms with van der Waals surface area (Å²) >= 11 is 0.251. The predicted molar refractivity (Wildman–Crippen MR) is 114 cm³/mol. The van der Waals surface area contributed by atoms with Crippen molar-refractivity contribution in [3.8, 4) is 0 Å². The molecule has 6 nitrogen and oxygen atoms in total. The fourth-order valence-electron chi connectivity index (χ4n) is 3.18. The van der Waals surface area contributed by atoms with Gasteiger partial charge in [0.15, 0.2) is 0 Å². The average Bonchev–Trinajstić information content (AvgIpc) is 2.64. The minimum absolute atomic E-state index is 0.0209. The third-order valence-electron chi connectivity index (χ3n) is 4.37. The maximum absolute atomic E-state index is 13.0. The Hall–Kier alpha value is -2.68. The summed E-state index contributed by atoms with van der Waals surface area (Å²) in [6.45, 7) is 7.56. The highest BCUT2D eigenvalue weighted by Gasteiger charge is 2.24. The van der Waals surface area contributed by atoms with Gasteiger partial charge in [0.05, 0.1) is 11.1 Å². The monoisotopic (exact) mass is 437 g/mol. The molecule has 0 spiro atoms. The highest BCUT2D eigenvalue weighted by molar-refractivity contribution is 7.99. The van der Waals surface area contributed by atoms with Gasteiger partial charge in [0.1, 0.15) is 5.69 Å². The SMILES string of the molecule is CC(C)N(C(=O)c1cc(NC(=O)c2ccccc2SC(F)F)c(=O)n(C)c1)C(C)C. The number of hydrogen-bond donors (Lipinski definition) is 1. The average molecular weight is 438 g/mol. The molecule has 30 heavy (non-hydrogen) atoms. The number of rotatable bonds is 7. The van der Waals surface area contributed by atoms with Gasteiger partial charge in [-0.15, -0.1) is 0 Å². The molecule has 0 unspecified atom stereocenters. The molecule has 162 valence electrons. The Morgan fingerprint density at radius 1 is 1.10 bits per heavy atom. The Kier molecular flexibility index (Phi) is 7.77. The van der Waals surface area contributed by atoms with E-state index in [9.17, 15) is 23.2 Å². The summed E-state index contributed by atoms with van der Waals surface area (Å²) in [7, 11) is 1.48. The summed E-state index contributed by atoms with van der Waals surface area (Å²) in [5, 5.41) is 2.47. The van der Waals surface area contributed by atoms with Gasteiger partial charge in [0, 0.05) is 30.2 Å². The third-order valence-corrected chi connectivity index (χ3v) is 5.16. The molecule has 0 saturated heterocycles. The predicted octanol–water partition coefficient (Wildman–Crippen LogP) is 4.21. The van der Waals surface area contributed by atoms with Crippen LogP contribution < -0.4 is 10.9 Å². The smallest absolute Gasteiger partial charge is 0.288 e. The van der Waals surface area contributed by atoms with Crippen molar-refractivity contribution in [1.82, 2.24) is 9.47 Å². The lowest BCUT2D eigenvalue weighted by Crippen LogP contribution is -2.42. The number of anilines is 1. The summed E-state index contributed by atoms with van der Waals surface area (Å²) in [5.41, 5.74) is -0.352. The van der Waals surface area contributed by atoms with E-state index in [0.717, 1.165) is 0 Å². The van der Waals surface area contributed by atoms with Crippen molar-refractivity contribution in [3.63, 3.8) is 0 Å². The zero-order valence-electron chi connectivity index (χ0n) is 17.5. The quantitative estimate of drug-likeness (QED) is 0.659. The van der Waals surface area contributed by atoms with Gasteiger partial charge in [-0.25, -0.2) is 0 Å². The second kappa shape index (κ2) is 9.88. The van der Waals surface area contributed by atoms with Crippen molar-refractivity contribution >= 4 is 29.3 Å². The van der Waals surface area contributed by atoms with Crippen molar-refractivity contribution in [2.75, 3.05) is 5.32 Å². The van der Waals surface area contributed by atoms with Crippen LogP contribution in [-0.2, 0) is 7.05 Å². The van der Waals surface area contributed by atoms with E-state index < -0.39 is 17.2 Å². The summed E-state index contributed by atoms with van der Waals surface area (Å²) in [5.74, 6) is -3.67. The molecule has 0 aliphatic heterocycles. The van der Waals surface area contributed by atoms with Gasteiger partial charge in [0.25, 0.3) is 23.1 Å². The zero-order chi connectivity index (χ0) is 22.6. The minimum Gasteiger partial charge on any atom is -0.334 e. The molecule has 1 N–H and O–H groups in total. The van der Waals surface area contributed by atoms with Crippen molar-refractivity contribution in [2.24, 2.45) is 7.05 Å². The van der Waals surface area contributed by atoms with Crippen molar-refractivity contribution in [1.29, 1.82) is 0 Å². The number of hydrogen-bond acceptors (Lipinski definition) is 4. The fourth-order valence-corrected chi connectivity index (χ4v) is 3.81. The minimum atomic E-state index is -2.69. The topological polar surface area (TPSA) is 71.4 Å². The van der Waals surface area contributed by atoms with Crippen LogP contribution >= 0.6 is 11.8 Å². The molecule has 0 aliphatic rings. The highest BCUT2D eigenvalue weighted by Crippen LogP contribution is 2.28. The van der Waals surface area contributed by atoms with E-state index in [4.69, 9.17) is 0 Å². The Morgan fingerprint density at radius 2 is 1.70 bits per heavy atom. The maximum Gasteiger partial charge on any atom is 0.288 e. The number of halogens is 2. The molecule has 0 bridgehead atoms. The molecule has 1 aromatic heterocycles. The molecule has 2 aromatic rings. The van der Waals surface area contributed by atoms with Gasteiger partial charge in [-0.05, 0) is 45.9 Å². The Balaban J connectivity index is 2.41. The Morgan fingerprint density at radius 3 is 2.27 bits per heavy atom. The number of aryl methyl sites for hydroxylation is 1. The number of alkyl halides is 2. The van der Waals surface area contributed by atoms with E-state index in [1.54, 1.807) is 17.0 Å². The van der Waals surface area contributed by atoms with Crippen LogP contribution in [0.15, 0.2) is 46.2 Å². The number of aromatic nitrogens is 1. The number of amides is 2. The van der Waals surface area contributed by atoms with Crippen LogP contribution in [0.25, 0.3) is 0 Å². The van der Waals surface area contributed by atoms with E-state index in [-0.39, 0.29) is 51.5 Å². The van der Waals surface area contributed by atoms with Crippen molar-refractivity contribution in [2.45, 2.75) is 50.4 Å². The lowest BCUT2D eigenvalue weighted by molar-refractivity contribution is 0.0642. The summed E-state index contributed by atoms with van der Waals surface area (Å²) in [6.07, 6.45) is 1.42. The molecule has 0 radical (unpaired) electrons. The Bertz CT molecular complexity index is 982. The van der Waals surface area contributed by atoms with E-state index in [2.05, 4.69) is 5.32 Å². The van der Waals surface area contributed by atoms with Gasteiger partial charge in [-0.2, -0.15) is 8.78 Å². The zero-order valence-corrected chi connectivity index (χ0v) is 18.3. The second-order valence-electron chi connectivity index (χ2n) is 7.29. The van der Waals surface area contributed by atoms with E-state index in [0.29, 0.717) is 0 Å². The highest BCUT2D eigenvalue weighted by atomic mass is 32.2. The molecule has 2 amide bonds. The van der Waals surface area contributed by atoms with Crippen LogP contribution in [0.3, 0.4) is 0 Å². The lowest BCUT2D eigenvalue weighted by Gasteiger charge is -2.31. The van der Waals surface area contributed by atoms with Crippen LogP contribution in [0.4, 0.5) is 14.5 Å². The number of thioether (sulfide) groups is 1. The van der Waals surface area contributed by atoms with E-state index >= 15 is 0 Å². The van der Waals surface area contributed by atoms with Crippen LogP contribution in [-0.4, -0.2) is 39.1 Å². The number of pyridine rings is 1. The number of nitrogens with one attached hydrogen (secondary N) is 1. The maximum atomic E-state index is 13.0. The second-order valence-corrected chi connectivity index (χ2v) is 8.32. The van der Waals surface area contributed by atoms with Gasteiger partial charge in [0.2, 0.25) is 0 Å². The third kappa shape index (κ3) is 5.47. The van der Waals surface area contributed by atoms with Crippen LogP contribution in [0.5, 0.6) is 0 Å². The molecule has 2 rings (SSSR count). The number of carbonyl (C=O) groups is 2. The largest absolute Gasteiger partial charge is 0.334 e. The molecule has 0 fully saturated rings. The molecule has 0 saturated carbocycles. The fraction of sp³-hybridized carbons (Fsp3) is 0.381.